The molecule has 0 radical (unpaired) electrons. The number of carbonyl (C=O) groups is 1. The lowest BCUT2D eigenvalue weighted by Crippen LogP contribution is -2.13. The first-order chi connectivity index (χ1) is 6.63. The van der Waals surface area contributed by atoms with Gasteiger partial charge in [-0.3, -0.25) is 4.79 Å². The molecule has 0 aliphatic heterocycles. The van der Waals surface area contributed by atoms with Crippen LogP contribution < -0.4 is 5.73 Å². The zero-order valence-corrected chi connectivity index (χ0v) is 10.1. The van der Waals surface area contributed by atoms with Gasteiger partial charge in [0.05, 0.1) is 0 Å². The number of rotatable bonds is 3. The number of carbonyl (C=O) groups excluding carboxylic acids is 1. The molecule has 0 bridgehead atoms. The molecular formula is C12H23NO. The summed E-state index contributed by atoms with van der Waals surface area (Å²) in [5.74, 6) is -0.465. The first kappa shape index (κ1) is 18.5. The lowest BCUT2D eigenvalue weighted by Gasteiger charge is -1.97. The molecule has 0 aliphatic carbocycles. The molecule has 0 saturated carbocycles. The maximum Gasteiger partial charge on any atom is 0.248 e. The molecule has 0 saturated heterocycles. The van der Waals surface area contributed by atoms with Crippen LogP contribution in [-0.4, -0.2) is 5.91 Å². The summed E-state index contributed by atoms with van der Waals surface area (Å²) in [7, 11) is 0. The van der Waals surface area contributed by atoms with Gasteiger partial charge in [0.15, 0.2) is 0 Å². The molecule has 82 valence electrons. The Balaban J connectivity index is -0.000000266. The van der Waals surface area contributed by atoms with Gasteiger partial charge in [-0.05, 0) is 12.5 Å². The van der Waals surface area contributed by atoms with Crippen molar-refractivity contribution in [3.63, 3.8) is 0 Å². The molecule has 2 nitrogen and oxygen atoms in total. The van der Waals surface area contributed by atoms with Gasteiger partial charge in [0.2, 0.25) is 5.91 Å². The van der Waals surface area contributed by atoms with Crippen LogP contribution in [0.1, 0.15) is 34.6 Å². The van der Waals surface area contributed by atoms with Gasteiger partial charge in [-0.1, -0.05) is 53.0 Å². The second kappa shape index (κ2) is 14.2. The molecule has 14 heavy (non-hydrogen) atoms. The SMILES string of the molecule is C=C/C(C)=C(\C=C)C(N)=O.CC.CC. The summed E-state index contributed by atoms with van der Waals surface area (Å²) >= 11 is 0. The van der Waals surface area contributed by atoms with Gasteiger partial charge in [0, 0.05) is 5.57 Å². The molecule has 0 fully saturated rings. The molecule has 0 spiro atoms. The van der Waals surface area contributed by atoms with Crippen molar-refractivity contribution in [3.8, 4) is 0 Å². The fourth-order valence-corrected chi connectivity index (χ4v) is 0.566. The number of amides is 1. The monoisotopic (exact) mass is 197 g/mol. The second-order valence-electron chi connectivity index (χ2n) is 1.87. The van der Waals surface area contributed by atoms with Crippen molar-refractivity contribution in [2.75, 3.05) is 0 Å². The molecule has 1 amide bonds. The van der Waals surface area contributed by atoms with Crippen molar-refractivity contribution < 1.29 is 4.79 Å². The van der Waals surface area contributed by atoms with Gasteiger partial charge in [-0.25, -0.2) is 0 Å². The third-order valence-corrected chi connectivity index (χ3v) is 1.20. The molecule has 2 heteroatoms. The Hall–Kier alpha value is -1.31. The van der Waals surface area contributed by atoms with Crippen LogP contribution in [0.25, 0.3) is 0 Å². The largest absolute Gasteiger partial charge is 0.366 e. The Bertz CT molecular complexity index is 202. The van der Waals surface area contributed by atoms with E-state index in [1.54, 1.807) is 13.0 Å². The van der Waals surface area contributed by atoms with Gasteiger partial charge in [-0.15, -0.1) is 0 Å². The maximum atomic E-state index is 10.6. The minimum atomic E-state index is -0.465. The third-order valence-electron chi connectivity index (χ3n) is 1.20. The van der Waals surface area contributed by atoms with Crippen LogP contribution >= 0.6 is 0 Å². The van der Waals surface area contributed by atoms with Gasteiger partial charge in [-0.2, -0.15) is 0 Å². The summed E-state index contributed by atoms with van der Waals surface area (Å²) in [6, 6.07) is 0. The van der Waals surface area contributed by atoms with E-state index in [4.69, 9.17) is 5.73 Å². The average Bonchev–Trinajstić information content (AvgIpc) is 2.24. The van der Waals surface area contributed by atoms with E-state index in [1.165, 1.54) is 6.08 Å². The van der Waals surface area contributed by atoms with Crippen molar-refractivity contribution >= 4 is 5.91 Å². The Morgan fingerprint density at radius 2 is 1.43 bits per heavy atom. The zero-order chi connectivity index (χ0) is 12.1. The van der Waals surface area contributed by atoms with Gasteiger partial charge in [0.25, 0.3) is 0 Å². The van der Waals surface area contributed by atoms with Gasteiger partial charge in [0.1, 0.15) is 0 Å². The number of nitrogens with two attached hydrogens (primary N) is 1. The highest BCUT2D eigenvalue weighted by Crippen LogP contribution is 2.04. The summed E-state index contributed by atoms with van der Waals surface area (Å²) in [4.78, 5) is 10.6. The number of primary amides is 1. The van der Waals surface area contributed by atoms with Crippen molar-refractivity contribution in [3.05, 3.63) is 36.5 Å². The Kier molecular flexibility index (Phi) is 18.8. The van der Waals surface area contributed by atoms with E-state index in [1.807, 2.05) is 27.7 Å². The van der Waals surface area contributed by atoms with Crippen molar-refractivity contribution in [1.29, 1.82) is 0 Å². The summed E-state index contributed by atoms with van der Waals surface area (Å²) < 4.78 is 0. The molecule has 0 aromatic heterocycles. The quantitative estimate of drug-likeness (QED) is 0.548. The van der Waals surface area contributed by atoms with Crippen LogP contribution in [0.3, 0.4) is 0 Å². The molecule has 0 atom stereocenters. The number of hydrogen-bond donors (Lipinski definition) is 1. The molecule has 0 aromatic rings. The summed E-state index contributed by atoms with van der Waals surface area (Å²) in [6.07, 6.45) is 3.00. The fraction of sp³-hybridized carbons (Fsp3) is 0.417. The average molecular weight is 197 g/mol. The van der Waals surface area contributed by atoms with E-state index in [0.29, 0.717) is 5.57 Å². The first-order valence-corrected chi connectivity index (χ1v) is 4.89. The predicted molar refractivity (Wildman–Crippen MR) is 65.0 cm³/mol. The summed E-state index contributed by atoms with van der Waals surface area (Å²) in [5, 5.41) is 0. The topological polar surface area (TPSA) is 43.1 Å². The lowest BCUT2D eigenvalue weighted by atomic mass is 10.1. The standard InChI is InChI=1S/C8H11NO.2C2H6/c1-4-6(3)7(5-2)8(9)10;2*1-2/h4-5H,1-2H2,3H3,(H2,9,10);2*1-2H3/b7-6+;;. The van der Waals surface area contributed by atoms with Crippen LogP contribution in [0.2, 0.25) is 0 Å². The molecule has 2 N–H and O–H groups in total. The van der Waals surface area contributed by atoms with Gasteiger partial charge >= 0.3 is 0 Å². The van der Waals surface area contributed by atoms with E-state index >= 15 is 0 Å². The lowest BCUT2D eigenvalue weighted by molar-refractivity contribution is -0.114. The minimum Gasteiger partial charge on any atom is -0.366 e. The van der Waals surface area contributed by atoms with Gasteiger partial charge < -0.3 is 5.73 Å². The van der Waals surface area contributed by atoms with Crippen LogP contribution in [0, 0.1) is 0 Å². The normalized spacial score (nSPS) is 9.21. The molecule has 0 aromatic carbocycles. The fourth-order valence-electron chi connectivity index (χ4n) is 0.566. The molecule has 0 aliphatic rings. The van der Waals surface area contributed by atoms with Crippen LogP contribution in [0.5, 0.6) is 0 Å². The van der Waals surface area contributed by atoms with Crippen LogP contribution in [0.15, 0.2) is 36.5 Å². The third kappa shape index (κ3) is 8.78. The van der Waals surface area contributed by atoms with E-state index in [9.17, 15) is 4.79 Å². The van der Waals surface area contributed by atoms with E-state index in [2.05, 4.69) is 13.2 Å². The maximum absolute atomic E-state index is 10.6. The van der Waals surface area contributed by atoms with E-state index in [-0.39, 0.29) is 0 Å². The first-order valence-electron chi connectivity index (χ1n) is 4.89. The van der Waals surface area contributed by atoms with Crippen molar-refractivity contribution in [2.45, 2.75) is 34.6 Å². The van der Waals surface area contributed by atoms with Crippen molar-refractivity contribution in [1.82, 2.24) is 0 Å². The number of allylic oxidation sites excluding steroid dienone is 2. The summed E-state index contributed by atoms with van der Waals surface area (Å²) in [6.45, 7) is 16.7. The Labute approximate surface area is 88.2 Å². The highest BCUT2D eigenvalue weighted by atomic mass is 16.1. The Morgan fingerprint density at radius 1 is 1.07 bits per heavy atom. The molecular weight excluding hydrogens is 174 g/mol. The highest BCUT2D eigenvalue weighted by molar-refractivity contribution is 5.95. The molecule has 0 heterocycles. The highest BCUT2D eigenvalue weighted by Gasteiger charge is 2.00. The van der Waals surface area contributed by atoms with Crippen molar-refractivity contribution in [2.24, 2.45) is 5.73 Å². The van der Waals surface area contributed by atoms with E-state index in [0.717, 1.165) is 5.57 Å². The molecule has 0 rings (SSSR count). The van der Waals surface area contributed by atoms with Crippen LogP contribution in [-0.2, 0) is 4.79 Å². The summed E-state index contributed by atoms with van der Waals surface area (Å²) in [5.41, 5.74) is 6.19. The smallest absolute Gasteiger partial charge is 0.248 e. The molecule has 0 unspecified atom stereocenters. The second-order valence-corrected chi connectivity index (χ2v) is 1.87. The zero-order valence-electron chi connectivity index (χ0n) is 10.1. The van der Waals surface area contributed by atoms with E-state index < -0.39 is 5.91 Å². The van der Waals surface area contributed by atoms with Crippen LogP contribution in [0.4, 0.5) is 0 Å². The predicted octanol–water partition coefficient (Wildman–Crippen LogP) is 3.21. The number of hydrogen-bond acceptors (Lipinski definition) is 1. The Morgan fingerprint density at radius 3 is 1.50 bits per heavy atom. The minimum absolute atomic E-state index is 0.426.